The highest BCUT2D eigenvalue weighted by Gasteiger charge is 2.30. The molecule has 31 heavy (non-hydrogen) atoms. The summed E-state index contributed by atoms with van der Waals surface area (Å²) in [7, 11) is 0. The van der Waals surface area contributed by atoms with E-state index >= 15 is 0 Å². The topological polar surface area (TPSA) is 46.8 Å². The molecule has 0 bridgehead atoms. The second-order valence-corrected chi connectivity index (χ2v) is 7.76. The molecule has 1 aromatic heterocycles. The Bertz CT molecular complexity index is 1170. The van der Waals surface area contributed by atoms with Crippen molar-refractivity contribution in [1.82, 2.24) is 25.1 Å². The molecule has 2 heterocycles. The summed E-state index contributed by atoms with van der Waals surface area (Å²) >= 11 is 0. The number of rotatable bonds is 5. The van der Waals surface area contributed by atoms with Gasteiger partial charge in [-0.25, -0.2) is 13.5 Å². The van der Waals surface area contributed by atoms with Gasteiger partial charge in [-0.1, -0.05) is 48.5 Å². The Kier molecular flexibility index (Phi) is 5.26. The number of halogens is 2. The predicted octanol–water partition coefficient (Wildman–Crippen LogP) is 4.15. The Labute approximate surface area is 178 Å². The van der Waals surface area contributed by atoms with Gasteiger partial charge < -0.3 is 0 Å². The number of tetrazole rings is 1. The van der Waals surface area contributed by atoms with Crippen LogP contribution in [0, 0.1) is 11.6 Å². The van der Waals surface area contributed by atoms with E-state index in [1.807, 2.05) is 6.07 Å². The highest BCUT2D eigenvalue weighted by molar-refractivity contribution is 5.32. The smallest absolute Gasteiger partial charge is 0.173 e. The van der Waals surface area contributed by atoms with Gasteiger partial charge in [-0.2, -0.15) is 0 Å². The monoisotopic (exact) mass is 417 g/mol. The van der Waals surface area contributed by atoms with Crippen molar-refractivity contribution in [1.29, 1.82) is 0 Å². The van der Waals surface area contributed by atoms with E-state index in [0.717, 1.165) is 30.6 Å². The van der Waals surface area contributed by atoms with E-state index in [9.17, 15) is 8.78 Å². The van der Waals surface area contributed by atoms with Crippen molar-refractivity contribution in [2.24, 2.45) is 0 Å². The van der Waals surface area contributed by atoms with Crippen molar-refractivity contribution in [2.75, 3.05) is 6.54 Å². The zero-order chi connectivity index (χ0) is 21.2. The van der Waals surface area contributed by atoms with Crippen molar-refractivity contribution in [3.05, 3.63) is 113 Å². The third-order valence-corrected chi connectivity index (χ3v) is 5.76. The van der Waals surface area contributed by atoms with Crippen LogP contribution in [0.1, 0.15) is 34.1 Å². The Balaban J connectivity index is 1.52. The number of hydrogen-bond donors (Lipinski definition) is 0. The van der Waals surface area contributed by atoms with Crippen LogP contribution in [0.15, 0.2) is 72.8 Å². The lowest BCUT2D eigenvalue weighted by molar-refractivity contribution is 0.195. The maximum Gasteiger partial charge on any atom is 0.173 e. The van der Waals surface area contributed by atoms with Crippen LogP contribution in [-0.2, 0) is 19.5 Å². The van der Waals surface area contributed by atoms with Crippen molar-refractivity contribution in [2.45, 2.75) is 25.6 Å². The van der Waals surface area contributed by atoms with Gasteiger partial charge in [0.1, 0.15) is 11.6 Å². The van der Waals surface area contributed by atoms with Crippen molar-refractivity contribution in [3.8, 4) is 0 Å². The van der Waals surface area contributed by atoms with E-state index < -0.39 is 0 Å². The maximum atomic E-state index is 13.6. The Morgan fingerprint density at radius 3 is 2.26 bits per heavy atom. The molecule has 7 heteroatoms. The minimum Gasteiger partial charge on any atom is -0.285 e. The highest BCUT2D eigenvalue weighted by atomic mass is 19.1. The summed E-state index contributed by atoms with van der Waals surface area (Å²) in [5, 5.41) is 12.5. The molecular weight excluding hydrogens is 396 g/mol. The Morgan fingerprint density at radius 1 is 0.839 bits per heavy atom. The lowest BCUT2D eigenvalue weighted by Gasteiger charge is -2.35. The van der Waals surface area contributed by atoms with Crippen molar-refractivity contribution < 1.29 is 8.78 Å². The molecule has 5 rings (SSSR count). The molecule has 0 N–H and O–H groups in total. The summed E-state index contributed by atoms with van der Waals surface area (Å²) in [4.78, 5) is 2.32. The fourth-order valence-electron chi connectivity index (χ4n) is 4.19. The van der Waals surface area contributed by atoms with Gasteiger partial charge in [-0.3, -0.25) is 4.90 Å². The van der Waals surface area contributed by atoms with Crippen LogP contribution >= 0.6 is 0 Å². The van der Waals surface area contributed by atoms with E-state index in [1.165, 1.54) is 35.4 Å². The standard InChI is InChI=1S/C24H21F2N5/c25-21-9-5-17(6-10-21)15-31-24(27-28-29-31)23(19-7-11-22(26)12-8-19)30-14-13-18-3-1-2-4-20(18)16-30/h1-12,23H,13-16H2/t23-/m1/s1. The molecule has 0 radical (unpaired) electrons. The average Bonchev–Trinajstić information content (AvgIpc) is 3.24. The summed E-state index contributed by atoms with van der Waals surface area (Å²) in [6.45, 7) is 2.01. The molecular formula is C24H21F2N5. The molecule has 5 nitrogen and oxygen atoms in total. The third kappa shape index (κ3) is 4.09. The fraction of sp³-hybridized carbons (Fsp3) is 0.208. The summed E-state index contributed by atoms with van der Waals surface area (Å²) in [5.41, 5.74) is 4.45. The number of fused-ring (bicyclic) bond motifs is 1. The summed E-state index contributed by atoms with van der Waals surface area (Å²) in [5.74, 6) is 0.115. The minimum atomic E-state index is -0.281. The first-order valence-corrected chi connectivity index (χ1v) is 10.2. The van der Waals surface area contributed by atoms with Gasteiger partial charge in [0.2, 0.25) is 0 Å². The van der Waals surface area contributed by atoms with Gasteiger partial charge in [0.15, 0.2) is 5.82 Å². The molecule has 0 fully saturated rings. The van der Waals surface area contributed by atoms with E-state index in [2.05, 4.69) is 38.6 Å². The van der Waals surface area contributed by atoms with Gasteiger partial charge in [-0.05, 0) is 63.4 Å². The first-order chi connectivity index (χ1) is 15.2. The zero-order valence-electron chi connectivity index (χ0n) is 16.8. The third-order valence-electron chi connectivity index (χ3n) is 5.76. The molecule has 0 amide bonds. The first-order valence-electron chi connectivity index (χ1n) is 10.2. The second-order valence-electron chi connectivity index (χ2n) is 7.76. The van der Waals surface area contributed by atoms with Crippen LogP contribution in [0.3, 0.4) is 0 Å². The Hall–Kier alpha value is -3.45. The van der Waals surface area contributed by atoms with Crippen LogP contribution in [0.5, 0.6) is 0 Å². The van der Waals surface area contributed by atoms with Gasteiger partial charge in [0.05, 0.1) is 12.6 Å². The van der Waals surface area contributed by atoms with Crippen LogP contribution in [-0.4, -0.2) is 31.7 Å². The van der Waals surface area contributed by atoms with Gasteiger partial charge in [-0.15, -0.1) is 5.10 Å². The number of hydrogen-bond acceptors (Lipinski definition) is 4. The van der Waals surface area contributed by atoms with Crippen molar-refractivity contribution >= 4 is 0 Å². The fourth-order valence-corrected chi connectivity index (χ4v) is 4.19. The van der Waals surface area contributed by atoms with E-state index in [4.69, 9.17) is 0 Å². The average molecular weight is 417 g/mol. The molecule has 1 aliphatic heterocycles. The van der Waals surface area contributed by atoms with Crippen molar-refractivity contribution in [3.63, 3.8) is 0 Å². The van der Waals surface area contributed by atoms with Gasteiger partial charge in [0, 0.05) is 13.1 Å². The number of benzene rings is 3. The SMILES string of the molecule is Fc1ccc(Cn2nnnc2[C@@H](c2ccc(F)cc2)N2CCc3ccccc3C2)cc1. The van der Waals surface area contributed by atoms with E-state index in [0.29, 0.717) is 12.4 Å². The predicted molar refractivity (Wildman–Crippen MR) is 112 cm³/mol. The molecule has 1 atom stereocenters. The molecule has 156 valence electrons. The number of nitrogens with zero attached hydrogens (tertiary/aromatic N) is 5. The van der Waals surface area contributed by atoms with Crippen LogP contribution in [0.2, 0.25) is 0 Å². The summed E-state index contributed by atoms with van der Waals surface area (Å²) < 4.78 is 28.7. The lowest BCUT2D eigenvalue weighted by Crippen LogP contribution is -2.36. The summed E-state index contributed by atoms with van der Waals surface area (Å²) in [6.07, 6.45) is 0.924. The van der Waals surface area contributed by atoms with Gasteiger partial charge in [0.25, 0.3) is 0 Å². The molecule has 1 aliphatic rings. The lowest BCUT2D eigenvalue weighted by atomic mass is 9.96. The van der Waals surface area contributed by atoms with Crippen LogP contribution < -0.4 is 0 Å². The summed E-state index contributed by atoms with van der Waals surface area (Å²) in [6, 6.07) is 21.0. The molecule has 4 aromatic rings. The molecule has 0 spiro atoms. The minimum absolute atomic E-state index is 0.232. The van der Waals surface area contributed by atoms with E-state index in [-0.39, 0.29) is 17.7 Å². The largest absolute Gasteiger partial charge is 0.285 e. The first kappa shape index (κ1) is 19.5. The molecule has 3 aromatic carbocycles. The Morgan fingerprint density at radius 2 is 1.52 bits per heavy atom. The van der Waals surface area contributed by atoms with Crippen LogP contribution in [0.25, 0.3) is 0 Å². The zero-order valence-corrected chi connectivity index (χ0v) is 16.8. The molecule has 0 saturated carbocycles. The van der Waals surface area contributed by atoms with Crippen LogP contribution in [0.4, 0.5) is 8.78 Å². The molecule has 0 unspecified atom stereocenters. The second kappa shape index (κ2) is 8.35. The van der Waals surface area contributed by atoms with Gasteiger partial charge >= 0.3 is 0 Å². The van der Waals surface area contributed by atoms with E-state index in [1.54, 1.807) is 28.9 Å². The quantitative estimate of drug-likeness (QED) is 0.490. The number of aromatic nitrogens is 4. The molecule has 0 saturated heterocycles. The highest BCUT2D eigenvalue weighted by Crippen LogP contribution is 2.32. The molecule has 0 aliphatic carbocycles. The normalized spacial score (nSPS) is 14.9. The maximum absolute atomic E-state index is 13.6.